The van der Waals surface area contributed by atoms with Gasteiger partial charge in [0.25, 0.3) is 11.8 Å². The van der Waals surface area contributed by atoms with E-state index in [4.69, 9.17) is 0 Å². The minimum Gasteiger partial charge on any atom is -0.369 e. The molecule has 1 fully saturated rings. The van der Waals surface area contributed by atoms with Crippen molar-refractivity contribution in [2.24, 2.45) is 0 Å². The van der Waals surface area contributed by atoms with Gasteiger partial charge in [-0.05, 0) is 37.2 Å². The van der Waals surface area contributed by atoms with Gasteiger partial charge < -0.3 is 10.2 Å². The van der Waals surface area contributed by atoms with Crippen LogP contribution in [-0.2, 0) is 4.79 Å². The van der Waals surface area contributed by atoms with Crippen molar-refractivity contribution in [2.45, 2.75) is 6.42 Å². The maximum atomic E-state index is 12.3. The van der Waals surface area contributed by atoms with Crippen LogP contribution in [0.3, 0.4) is 0 Å². The molecule has 2 aromatic carbocycles. The first-order valence-corrected chi connectivity index (χ1v) is 10.4. The lowest BCUT2D eigenvalue weighted by molar-refractivity contribution is -0.121. The van der Waals surface area contributed by atoms with Crippen LogP contribution in [0, 0.1) is 0 Å². The zero-order valence-corrected chi connectivity index (χ0v) is 16.9. The summed E-state index contributed by atoms with van der Waals surface area (Å²) in [4.78, 5) is 42.7. The number of para-hydroxylation sites is 1. The van der Waals surface area contributed by atoms with E-state index in [9.17, 15) is 14.4 Å². The van der Waals surface area contributed by atoms with E-state index in [-0.39, 0.29) is 12.5 Å². The Balaban J connectivity index is 1.15. The van der Waals surface area contributed by atoms with Crippen molar-refractivity contribution < 1.29 is 14.4 Å². The summed E-state index contributed by atoms with van der Waals surface area (Å²) in [5, 5.41) is 2.83. The number of carbonyl (C=O) groups excluding carboxylic acids is 3. The molecule has 0 atom stereocenters. The predicted octanol–water partition coefficient (Wildman–Crippen LogP) is 1.61. The van der Waals surface area contributed by atoms with Gasteiger partial charge in [0.05, 0.1) is 11.1 Å². The molecule has 0 aromatic heterocycles. The second-order valence-electron chi connectivity index (χ2n) is 7.61. The molecule has 0 saturated carbocycles. The molecule has 4 rings (SSSR count). The molecule has 30 heavy (non-hydrogen) atoms. The summed E-state index contributed by atoms with van der Waals surface area (Å²) in [5.74, 6) is -1.11. The Bertz CT molecular complexity index is 888. The van der Waals surface area contributed by atoms with Crippen molar-refractivity contribution in [3.63, 3.8) is 0 Å². The Hall–Kier alpha value is -3.19. The Morgan fingerprint density at radius 3 is 2.07 bits per heavy atom. The molecule has 3 amide bonds. The van der Waals surface area contributed by atoms with Gasteiger partial charge in [0.2, 0.25) is 5.91 Å². The van der Waals surface area contributed by atoms with Crippen LogP contribution in [0.2, 0.25) is 0 Å². The monoisotopic (exact) mass is 406 g/mol. The second-order valence-corrected chi connectivity index (χ2v) is 7.61. The van der Waals surface area contributed by atoms with Crippen LogP contribution in [0.4, 0.5) is 5.69 Å². The third-order valence-electron chi connectivity index (χ3n) is 5.65. The van der Waals surface area contributed by atoms with Crippen molar-refractivity contribution in [3.8, 4) is 0 Å². The molecule has 2 aliphatic rings. The number of amides is 3. The van der Waals surface area contributed by atoms with Crippen molar-refractivity contribution in [1.82, 2.24) is 15.1 Å². The molecule has 7 heteroatoms. The number of fused-ring (bicyclic) bond motifs is 1. The molecule has 0 bridgehead atoms. The van der Waals surface area contributed by atoms with Gasteiger partial charge in [0, 0.05) is 38.4 Å². The summed E-state index contributed by atoms with van der Waals surface area (Å²) < 4.78 is 0. The van der Waals surface area contributed by atoms with E-state index >= 15 is 0 Å². The number of nitrogens with one attached hydrogen (secondary N) is 1. The molecule has 2 aromatic rings. The maximum absolute atomic E-state index is 12.3. The molecule has 0 spiro atoms. The van der Waals surface area contributed by atoms with Gasteiger partial charge in [-0.2, -0.15) is 0 Å². The quantitative estimate of drug-likeness (QED) is 0.559. The lowest BCUT2D eigenvalue weighted by Gasteiger charge is -2.36. The smallest absolute Gasteiger partial charge is 0.262 e. The first kappa shape index (κ1) is 20.1. The first-order valence-electron chi connectivity index (χ1n) is 10.4. The van der Waals surface area contributed by atoms with Gasteiger partial charge in [0.1, 0.15) is 6.54 Å². The number of benzene rings is 2. The van der Waals surface area contributed by atoms with Crippen LogP contribution in [0.1, 0.15) is 27.1 Å². The Morgan fingerprint density at radius 1 is 0.833 bits per heavy atom. The van der Waals surface area contributed by atoms with Gasteiger partial charge in [-0.3, -0.25) is 24.2 Å². The standard InChI is InChI=1S/C23H26N4O3/c28-21(17-27-22(29)19-9-4-5-10-20(19)23(27)30)24-11-6-12-25-13-15-26(16-14-25)18-7-2-1-3-8-18/h1-5,7-10H,6,11-17H2,(H,24,28). The van der Waals surface area contributed by atoms with Crippen LogP contribution in [0.25, 0.3) is 0 Å². The SMILES string of the molecule is O=C(CN1C(=O)c2ccccc2C1=O)NCCCN1CCN(c2ccccc2)CC1. The molecule has 156 valence electrons. The molecule has 2 heterocycles. The maximum Gasteiger partial charge on any atom is 0.262 e. The fourth-order valence-corrected chi connectivity index (χ4v) is 3.98. The highest BCUT2D eigenvalue weighted by molar-refractivity contribution is 6.22. The van der Waals surface area contributed by atoms with E-state index in [1.807, 2.05) is 6.07 Å². The number of hydrogen-bond acceptors (Lipinski definition) is 5. The van der Waals surface area contributed by atoms with Gasteiger partial charge in [-0.1, -0.05) is 30.3 Å². The van der Waals surface area contributed by atoms with Crippen molar-refractivity contribution >= 4 is 23.4 Å². The highest BCUT2D eigenvalue weighted by Crippen LogP contribution is 2.21. The lowest BCUT2D eigenvalue weighted by atomic mass is 10.1. The van der Waals surface area contributed by atoms with Gasteiger partial charge in [-0.25, -0.2) is 0 Å². The molecule has 7 nitrogen and oxygen atoms in total. The van der Waals surface area contributed by atoms with Crippen LogP contribution in [-0.4, -0.2) is 73.3 Å². The van der Waals surface area contributed by atoms with E-state index in [1.54, 1.807) is 24.3 Å². The number of hydrogen-bond donors (Lipinski definition) is 1. The fourth-order valence-electron chi connectivity index (χ4n) is 3.98. The Morgan fingerprint density at radius 2 is 1.43 bits per heavy atom. The minimum atomic E-state index is -0.401. The average molecular weight is 406 g/mol. The van der Waals surface area contributed by atoms with Crippen LogP contribution in [0.5, 0.6) is 0 Å². The van der Waals surface area contributed by atoms with Crippen molar-refractivity contribution in [1.29, 1.82) is 0 Å². The van der Waals surface area contributed by atoms with E-state index in [0.717, 1.165) is 44.0 Å². The number of rotatable bonds is 7. The van der Waals surface area contributed by atoms with Crippen LogP contribution < -0.4 is 10.2 Å². The number of imide groups is 1. The van der Waals surface area contributed by atoms with E-state index < -0.39 is 11.8 Å². The topological polar surface area (TPSA) is 73.0 Å². The number of piperazine rings is 1. The minimum absolute atomic E-state index is 0.234. The zero-order valence-electron chi connectivity index (χ0n) is 16.9. The van der Waals surface area contributed by atoms with Gasteiger partial charge >= 0.3 is 0 Å². The lowest BCUT2D eigenvalue weighted by Crippen LogP contribution is -2.47. The number of anilines is 1. The van der Waals surface area contributed by atoms with Crippen LogP contribution in [0.15, 0.2) is 54.6 Å². The Labute approximate surface area is 176 Å². The summed E-state index contributed by atoms with van der Waals surface area (Å²) in [5.41, 5.74) is 1.99. The largest absolute Gasteiger partial charge is 0.369 e. The second kappa shape index (κ2) is 9.09. The molecule has 0 radical (unpaired) electrons. The summed E-state index contributed by atoms with van der Waals surface area (Å²) >= 11 is 0. The highest BCUT2D eigenvalue weighted by atomic mass is 16.2. The molecule has 1 saturated heterocycles. The van der Waals surface area contributed by atoms with E-state index in [0.29, 0.717) is 17.7 Å². The third-order valence-corrected chi connectivity index (χ3v) is 5.65. The van der Waals surface area contributed by atoms with Crippen molar-refractivity contribution in [2.75, 3.05) is 50.7 Å². The summed E-state index contributed by atoms with van der Waals surface area (Å²) in [6.45, 7) is 5.20. The molecular weight excluding hydrogens is 380 g/mol. The molecular formula is C23H26N4O3. The van der Waals surface area contributed by atoms with Crippen molar-refractivity contribution in [3.05, 3.63) is 65.7 Å². The normalized spacial score (nSPS) is 16.7. The molecule has 1 N–H and O–H groups in total. The highest BCUT2D eigenvalue weighted by Gasteiger charge is 2.36. The fraction of sp³-hybridized carbons (Fsp3) is 0.348. The number of nitrogens with zero attached hydrogens (tertiary/aromatic N) is 3. The molecule has 2 aliphatic heterocycles. The Kier molecular flexibility index (Phi) is 6.09. The summed E-state index contributed by atoms with van der Waals surface area (Å²) in [6, 6.07) is 17.1. The predicted molar refractivity (Wildman–Crippen MR) is 115 cm³/mol. The van der Waals surface area contributed by atoms with Gasteiger partial charge in [0.15, 0.2) is 0 Å². The molecule has 0 unspecified atom stereocenters. The van der Waals surface area contributed by atoms with E-state index in [2.05, 4.69) is 39.4 Å². The zero-order chi connectivity index (χ0) is 20.9. The average Bonchev–Trinajstić information content (AvgIpc) is 3.03. The van der Waals surface area contributed by atoms with Crippen LogP contribution >= 0.6 is 0 Å². The van der Waals surface area contributed by atoms with E-state index in [1.165, 1.54) is 5.69 Å². The summed E-state index contributed by atoms with van der Waals surface area (Å²) in [7, 11) is 0. The summed E-state index contributed by atoms with van der Waals surface area (Å²) in [6.07, 6.45) is 0.833. The molecule has 0 aliphatic carbocycles. The number of carbonyl (C=O) groups is 3. The first-order chi connectivity index (χ1) is 14.6. The van der Waals surface area contributed by atoms with Gasteiger partial charge in [-0.15, -0.1) is 0 Å². The third kappa shape index (κ3) is 4.36.